The summed E-state index contributed by atoms with van der Waals surface area (Å²) in [6.45, 7) is 0.791. The maximum Gasteiger partial charge on any atom is 0.326 e. The number of carboxylic acid groups (broad SMARTS) is 1. The van der Waals surface area contributed by atoms with Gasteiger partial charge in [-0.3, -0.25) is 0 Å². The molecule has 1 heterocycles. The number of carbonyl (C=O) groups excluding carboxylic acids is 1. The van der Waals surface area contributed by atoms with Crippen LogP contribution >= 0.6 is 0 Å². The smallest absolute Gasteiger partial charge is 0.326 e. The number of benzene rings is 1. The average molecular weight is 292 g/mol. The van der Waals surface area contributed by atoms with Gasteiger partial charge >= 0.3 is 12.0 Å². The zero-order valence-electron chi connectivity index (χ0n) is 11.8. The van der Waals surface area contributed by atoms with E-state index in [1.807, 2.05) is 18.2 Å². The molecular formula is C15H20N2O4. The highest BCUT2D eigenvalue weighted by Crippen LogP contribution is 2.18. The van der Waals surface area contributed by atoms with Crippen LogP contribution in [0.15, 0.2) is 24.3 Å². The van der Waals surface area contributed by atoms with Crippen LogP contribution in [0.2, 0.25) is 0 Å². The number of carboxylic acids is 1. The third-order valence-electron chi connectivity index (χ3n) is 3.65. The maximum atomic E-state index is 12.2. The molecule has 1 aliphatic heterocycles. The van der Waals surface area contributed by atoms with Crippen LogP contribution in [0.1, 0.15) is 24.0 Å². The lowest BCUT2D eigenvalue weighted by molar-refractivity contribution is -0.139. The highest BCUT2D eigenvalue weighted by Gasteiger charge is 2.24. The van der Waals surface area contributed by atoms with Crippen LogP contribution in [-0.2, 0) is 17.8 Å². The summed E-state index contributed by atoms with van der Waals surface area (Å²) in [6.07, 6.45) is 1.77. The number of urea groups is 1. The van der Waals surface area contributed by atoms with Gasteiger partial charge in [0.1, 0.15) is 6.04 Å². The average Bonchev–Trinajstić information content (AvgIpc) is 2.68. The van der Waals surface area contributed by atoms with Gasteiger partial charge in [-0.1, -0.05) is 24.3 Å². The van der Waals surface area contributed by atoms with E-state index in [4.69, 9.17) is 10.2 Å². The van der Waals surface area contributed by atoms with Crippen LogP contribution in [0.4, 0.5) is 4.79 Å². The number of hydrogen-bond donors (Lipinski definition) is 3. The summed E-state index contributed by atoms with van der Waals surface area (Å²) >= 11 is 0. The molecule has 1 aromatic rings. The number of fused-ring (bicyclic) bond motifs is 1. The molecule has 1 aromatic carbocycles. The summed E-state index contributed by atoms with van der Waals surface area (Å²) in [7, 11) is 0. The van der Waals surface area contributed by atoms with Crippen LogP contribution < -0.4 is 5.32 Å². The van der Waals surface area contributed by atoms with Gasteiger partial charge in [-0.2, -0.15) is 0 Å². The lowest BCUT2D eigenvalue weighted by atomic mass is 10.0. The van der Waals surface area contributed by atoms with Crippen LogP contribution in [0.5, 0.6) is 0 Å². The number of amides is 2. The SMILES string of the molecule is O=C(O)C(CCO)NC(=O)N1CCCc2ccccc2C1. The Hall–Kier alpha value is -2.08. The Morgan fingerprint density at radius 3 is 2.67 bits per heavy atom. The van der Waals surface area contributed by atoms with Gasteiger partial charge in [0.15, 0.2) is 0 Å². The number of nitrogens with one attached hydrogen (secondary N) is 1. The lowest BCUT2D eigenvalue weighted by Crippen LogP contribution is -2.48. The number of carbonyl (C=O) groups is 2. The van der Waals surface area contributed by atoms with Gasteiger partial charge in [0.25, 0.3) is 0 Å². The fraction of sp³-hybridized carbons (Fsp3) is 0.467. The second-order valence-electron chi connectivity index (χ2n) is 5.15. The van der Waals surface area contributed by atoms with Crippen LogP contribution in [0.3, 0.4) is 0 Å². The van der Waals surface area contributed by atoms with Crippen molar-refractivity contribution in [2.75, 3.05) is 13.2 Å². The summed E-state index contributed by atoms with van der Waals surface area (Å²) < 4.78 is 0. The molecule has 6 nitrogen and oxygen atoms in total. The molecule has 21 heavy (non-hydrogen) atoms. The van der Waals surface area contributed by atoms with Gasteiger partial charge in [0, 0.05) is 26.1 Å². The Morgan fingerprint density at radius 2 is 2.00 bits per heavy atom. The van der Waals surface area contributed by atoms with Gasteiger partial charge in [0.05, 0.1) is 0 Å². The van der Waals surface area contributed by atoms with Gasteiger partial charge in [-0.15, -0.1) is 0 Å². The molecule has 2 rings (SSSR count). The van der Waals surface area contributed by atoms with E-state index in [1.54, 1.807) is 4.90 Å². The first-order valence-electron chi connectivity index (χ1n) is 7.07. The molecule has 0 saturated carbocycles. The molecule has 1 aliphatic rings. The van der Waals surface area contributed by atoms with E-state index in [0.717, 1.165) is 18.4 Å². The second-order valence-corrected chi connectivity index (χ2v) is 5.15. The highest BCUT2D eigenvalue weighted by molar-refractivity contribution is 5.82. The summed E-state index contributed by atoms with van der Waals surface area (Å²) in [5.74, 6) is -1.13. The Balaban J connectivity index is 2.04. The number of aliphatic hydroxyl groups excluding tert-OH is 1. The largest absolute Gasteiger partial charge is 0.480 e. The first-order valence-corrected chi connectivity index (χ1v) is 7.07. The van der Waals surface area contributed by atoms with Crippen molar-refractivity contribution >= 4 is 12.0 Å². The predicted octanol–water partition coefficient (Wildman–Crippen LogP) is 0.980. The topological polar surface area (TPSA) is 89.9 Å². The number of rotatable bonds is 4. The Labute approximate surface area is 123 Å². The fourth-order valence-corrected chi connectivity index (χ4v) is 2.50. The van der Waals surface area contributed by atoms with Crippen molar-refractivity contribution in [1.82, 2.24) is 10.2 Å². The Bertz CT molecular complexity index is 518. The molecule has 1 unspecified atom stereocenters. The molecule has 114 valence electrons. The summed E-state index contributed by atoms with van der Waals surface area (Å²) in [5.41, 5.74) is 2.33. The number of aliphatic hydroxyl groups is 1. The van der Waals surface area contributed by atoms with Crippen molar-refractivity contribution in [1.29, 1.82) is 0 Å². The molecule has 0 aliphatic carbocycles. The molecule has 0 fully saturated rings. The Kier molecular flexibility index (Phi) is 5.16. The summed E-state index contributed by atoms with van der Waals surface area (Å²) in [6, 6.07) is 6.52. The van der Waals surface area contributed by atoms with Crippen molar-refractivity contribution in [2.24, 2.45) is 0 Å². The highest BCUT2D eigenvalue weighted by atomic mass is 16.4. The molecule has 0 radical (unpaired) electrons. The number of hydrogen-bond acceptors (Lipinski definition) is 3. The zero-order chi connectivity index (χ0) is 15.2. The van der Waals surface area contributed by atoms with E-state index in [0.29, 0.717) is 13.1 Å². The number of nitrogens with zero attached hydrogens (tertiary/aromatic N) is 1. The molecule has 0 spiro atoms. The molecular weight excluding hydrogens is 272 g/mol. The summed E-state index contributed by atoms with van der Waals surface area (Å²) in [5, 5.41) is 20.3. The van der Waals surface area contributed by atoms with Gasteiger partial charge in [0.2, 0.25) is 0 Å². The Morgan fingerprint density at radius 1 is 1.29 bits per heavy atom. The lowest BCUT2D eigenvalue weighted by Gasteiger charge is -2.23. The first-order chi connectivity index (χ1) is 10.1. The van der Waals surface area contributed by atoms with E-state index < -0.39 is 18.0 Å². The standard InChI is InChI=1S/C15H20N2O4/c18-9-7-13(14(19)20)16-15(21)17-8-3-6-11-4-1-2-5-12(11)10-17/h1-2,4-5,13,18H,3,6-10H2,(H,16,21)(H,19,20). The quantitative estimate of drug-likeness (QED) is 0.771. The van der Waals surface area contributed by atoms with E-state index in [2.05, 4.69) is 11.4 Å². The molecule has 0 saturated heterocycles. The summed E-state index contributed by atoms with van der Waals surface area (Å²) in [4.78, 5) is 24.9. The van der Waals surface area contributed by atoms with Crippen LogP contribution in [0, 0.1) is 0 Å². The first kappa shape index (κ1) is 15.3. The van der Waals surface area contributed by atoms with E-state index in [-0.39, 0.29) is 13.0 Å². The molecule has 6 heteroatoms. The zero-order valence-corrected chi connectivity index (χ0v) is 11.8. The minimum atomic E-state index is -1.13. The van der Waals surface area contributed by atoms with E-state index in [9.17, 15) is 9.59 Å². The van der Waals surface area contributed by atoms with Gasteiger partial charge in [-0.25, -0.2) is 9.59 Å². The van der Waals surface area contributed by atoms with Crippen molar-refractivity contribution in [3.63, 3.8) is 0 Å². The number of aryl methyl sites for hydroxylation is 1. The van der Waals surface area contributed by atoms with Crippen molar-refractivity contribution in [3.05, 3.63) is 35.4 Å². The minimum Gasteiger partial charge on any atom is -0.480 e. The number of aliphatic carboxylic acids is 1. The third kappa shape index (κ3) is 3.95. The van der Waals surface area contributed by atoms with E-state index >= 15 is 0 Å². The normalized spacial score (nSPS) is 15.8. The third-order valence-corrected chi connectivity index (χ3v) is 3.65. The van der Waals surface area contributed by atoms with Gasteiger partial charge in [-0.05, 0) is 24.0 Å². The van der Waals surface area contributed by atoms with Crippen molar-refractivity contribution < 1.29 is 19.8 Å². The predicted molar refractivity (Wildman–Crippen MR) is 76.8 cm³/mol. The van der Waals surface area contributed by atoms with Crippen molar-refractivity contribution in [2.45, 2.75) is 31.8 Å². The molecule has 2 amide bonds. The van der Waals surface area contributed by atoms with Crippen LogP contribution in [-0.4, -0.2) is 46.3 Å². The molecule has 0 bridgehead atoms. The second kappa shape index (κ2) is 7.08. The van der Waals surface area contributed by atoms with E-state index in [1.165, 1.54) is 5.56 Å². The molecule has 1 atom stereocenters. The molecule has 0 aromatic heterocycles. The maximum absolute atomic E-state index is 12.2. The van der Waals surface area contributed by atoms with Gasteiger partial charge < -0.3 is 20.4 Å². The fourth-order valence-electron chi connectivity index (χ4n) is 2.50. The van der Waals surface area contributed by atoms with Crippen LogP contribution in [0.25, 0.3) is 0 Å². The monoisotopic (exact) mass is 292 g/mol. The molecule has 3 N–H and O–H groups in total. The minimum absolute atomic E-state index is 0.00546. The van der Waals surface area contributed by atoms with Crippen molar-refractivity contribution in [3.8, 4) is 0 Å².